The second kappa shape index (κ2) is 5.36. The third-order valence-corrected chi connectivity index (χ3v) is 3.16. The SMILES string of the molecule is CNC(=O)c1c(C)oc2cc(Oc3ccnc(N)n3)ccc12. The molecule has 0 saturated carbocycles. The molecule has 0 saturated heterocycles. The number of hydrogen-bond donors (Lipinski definition) is 2. The predicted octanol–water partition coefficient (Wildman–Crippen LogP) is 2.27. The number of carbonyl (C=O) groups excluding carboxylic acids is 1. The number of ether oxygens (including phenoxy) is 1. The molecule has 3 rings (SSSR count). The van der Waals surface area contributed by atoms with Gasteiger partial charge in [-0.05, 0) is 19.1 Å². The minimum absolute atomic E-state index is 0.134. The van der Waals surface area contributed by atoms with Gasteiger partial charge in [-0.25, -0.2) is 4.98 Å². The fraction of sp³-hybridized carbons (Fsp3) is 0.133. The number of aromatic nitrogens is 2. The molecule has 0 unspecified atom stereocenters. The van der Waals surface area contributed by atoms with Gasteiger partial charge in [0, 0.05) is 30.8 Å². The number of fused-ring (bicyclic) bond motifs is 1. The number of carbonyl (C=O) groups is 1. The van der Waals surface area contributed by atoms with Crippen molar-refractivity contribution in [3.8, 4) is 11.6 Å². The van der Waals surface area contributed by atoms with E-state index in [-0.39, 0.29) is 11.9 Å². The van der Waals surface area contributed by atoms with E-state index >= 15 is 0 Å². The first-order chi connectivity index (χ1) is 10.6. The third kappa shape index (κ3) is 2.44. The Morgan fingerprint density at radius 2 is 2.18 bits per heavy atom. The van der Waals surface area contributed by atoms with Crippen molar-refractivity contribution in [2.24, 2.45) is 0 Å². The van der Waals surface area contributed by atoms with E-state index in [1.165, 1.54) is 6.20 Å². The summed E-state index contributed by atoms with van der Waals surface area (Å²) >= 11 is 0. The Labute approximate surface area is 126 Å². The second-order valence-corrected chi connectivity index (χ2v) is 4.63. The minimum atomic E-state index is -0.187. The summed E-state index contributed by atoms with van der Waals surface area (Å²) in [5.41, 5.74) is 6.60. The van der Waals surface area contributed by atoms with Crippen LogP contribution in [0.25, 0.3) is 11.0 Å². The number of rotatable bonds is 3. The lowest BCUT2D eigenvalue weighted by atomic mass is 10.1. The maximum Gasteiger partial charge on any atom is 0.255 e. The molecule has 2 heterocycles. The van der Waals surface area contributed by atoms with Crippen LogP contribution in [0.15, 0.2) is 34.9 Å². The van der Waals surface area contributed by atoms with Crippen molar-refractivity contribution < 1.29 is 13.9 Å². The minimum Gasteiger partial charge on any atom is -0.460 e. The van der Waals surface area contributed by atoms with E-state index in [1.807, 2.05) is 0 Å². The number of aryl methyl sites for hydroxylation is 1. The number of furan rings is 1. The Morgan fingerprint density at radius 1 is 1.36 bits per heavy atom. The summed E-state index contributed by atoms with van der Waals surface area (Å²) < 4.78 is 11.2. The third-order valence-electron chi connectivity index (χ3n) is 3.16. The van der Waals surface area contributed by atoms with E-state index < -0.39 is 0 Å². The van der Waals surface area contributed by atoms with Crippen LogP contribution >= 0.6 is 0 Å². The normalized spacial score (nSPS) is 10.6. The van der Waals surface area contributed by atoms with Crippen molar-refractivity contribution in [2.45, 2.75) is 6.92 Å². The zero-order valence-electron chi connectivity index (χ0n) is 12.1. The van der Waals surface area contributed by atoms with Crippen molar-refractivity contribution in [2.75, 3.05) is 12.8 Å². The molecule has 0 aliphatic rings. The van der Waals surface area contributed by atoms with E-state index in [4.69, 9.17) is 14.9 Å². The molecular weight excluding hydrogens is 284 g/mol. The molecule has 0 fully saturated rings. The molecule has 0 spiro atoms. The fourth-order valence-electron chi connectivity index (χ4n) is 2.20. The highest BCUT2D eigenvalue weighted by Gasteiger charge is 2.17. The Bertz CT molecular complexity index is 857. The Balaban J connectivity index is 1.99. The number of nitrogens with one attached hydrogen (secondary N) is 1. The van der Waals surface area contributed by atoms with Gasteiger partial charge in [0.25, 0.3) is 5.91 Å². The largest absolute Gasteiger partial charge is 0.460 e. The molecule has 112 valence electrons. The van der Waals surface area contributed by atoms with Gasteiger partial charge in [0.05, 0.1) is 5.56 Å². The second-order valence-electron chi connectivity index (χ2n) is 4.63. The standard InChI is InChI=1S/C15H14N4O3/c1-8-13(14(20)17-2)10-4-3-9(7-11(10)21-8)22-12-5-6-18-15(16)19-12/h3-7H,1-2H3,(H,17,20)(H2,16,18,19). The first-order valence-corrected chi connectivity index (χ1v) is 6.60. The molecule has 0 radical (unpaired) electrons. The summed E-state index contributed by atoms with van der Waals surface area (Å²) in [4.78, 5) is 19.7. The lowest BCUT2D eigenvalue weighted by Gasteiger charge is -2.04. The Hall–Kier alpha value is -3.09. The quantitative estimate of drug-likeness (QED) is 0.768. The lowest BCUT2D eigenvalue weighted by Crippen LogP contribution is -2.18. The summed E-state index contributed by atoms with van der Waals surface area (Å²) in [6, 6.07) is 6.81. The molecule has 0 aliphatic heterocycles. The number of hydrogen-bond acceptors (Lipinski definition) is 6. The summed E-state index contributed by atoms with van der Waals surface area (Å²) in [6.07, 6.45) is 1.51. The molecule has 0 atom stereocenters. The molecule has 3 N–H and O–H groups in total. The summed E-state index contributed by atoms with van der Waals surface area (Å²) in [6.45, 7) is 1.75. The smallest absolute Gasteiger partial charge is 0.255 e. The van der Waals surface area contributed by atoms with Gasteiger partial charge in [-0.1, -0.05) is 0 Å². The number of nitrogens with two attached hydrogens (primary N) is 1. The Kier molecular flexibility index (Phi) is 3.38. The van der Waals surface area contributed by atoms with Gasteiger partial charge < -0.3 is 20.2 Å². The van der Waals surface area contributed by atoms with Crippen LogP contribution in [-0.4, -0.2) is 22.9 Å². The highest BCUT2D eigenvalue weighted by molar-refractivity contribution is 6.07. The average Bonchev–Trinajstić information content (AvgIpc) is 2.81. The number of nitrogen functional groups attached to an aromatic ring is 1. The molecule has 0 aliphatic carbocycles. The number of nitrogens with zero attached hydrogens (tertiary/aromatic N) is 2. The molecule has 1 amide bonds. The van der Waals surface area contributed by atoms with E-state index in [0.717, 1.165) is 5.39 Å². The molecule has 0 bridgehead atoms. The van der Waals surface area contributed by atoms with Gasteiger partial charge in [-0.3, -0.25) is 4.79 Å². The van der Waals surface area contributed by atoms with Gasteiger partial charge in [0.2, 0.25) is 11.8 Å². The topological polar surface area (TPSA) is 103 Å². The molecule has 7 heteroatoms. The highest BCUT2D eigenvalue weighted by atomic mass is 16.5. The zero-order valence-corrected chi connectivity index (χ0v) is 12.1. The first kappa shape index (κ1) is 13.9. The zero-order chi connectivity index (χ0) is 15.7. The maximum atomic E-state index is 11.9. The van der Waals surface area contributed by atoms with Crippen molar-refractivity contribution in [3.63, 3.8) is 0 Å². The van der Waals surface area contributed by atoms with Crippen LogP contribution in [0.3, 0.4) is 0 Å². The van der Waals surface area contributed by atoms with Crippen LogP contribution in [0, 0.1) is 6.92 Å². The fourth-order valence-corrected chi connectivity index (χ4v) is 2.20. The molecule has 22 heavy (non-hydrogen) atoms. The molecule has 7 nitrogen and oxygen atoms in total. The average molecular weight is 298 g/mol. The molecule has 3 aromatic rings. The van der Waals surface area contributed by atoms with E-state index in [1.54, 1.807) is 38.2 Å². The van der Waals surface area contributed by atoms with Crippen molar-refractivity contribution >= 4 is 22.8 Å². The predicted molar refractivity (Wildman–Crippen MR) is 80.9 cm³/mol. The van der Waals surface area contributed by atoms with Gasteiger partial charge in [-0.15, -0.1) is 0 Å². The molecule has 1 aromatic carbocycles. The summed E-state index contributed by atoms with van der Waals surface area (Å²) in [5.74, 6) is 1.37. The van der Waals surface area contributed by atoms with Crippen LogP contribution in [0.2, 0.25) is 0 Å². The van der Waals surface area contributed by atoms with Crippen LogP contribution in [0.5, 0.6) is 11.6 Å². The summed E-state index contributed by atoms with van der Waals surface area (Å²) in [7, 11) is 1.58. The van der Waals surface area contributed by atoms with Crippen molar-refractivity contribution in [1.29, 1.82) is 0 Å². The van der Waals surface area contributed by atoms with Crippen LogP contribution in [0.4, 0.5) is 5.95 Å². The lowest BCUT2D eigenvalue weighted by molar-refractivity contribution is 0.0963. The van der Waals surface area contributed by atoms with Crippen molar-refractivity contribution in [1.82, 2.24) is 15.3 Å². The molecular formula is C15H14N4O3. The van der Waals surface area contributed by atoms with Gasteiger partial charge in [0.15, 0.2) is 0 Å². The monoisotopic (exact) mass is 298 g/mol. The van der Waals surface area contributed by atoms with E-state index in [2.05, 4.69) is 15.3 Å². The van der Waals surface area contributed by atoms with Gasteiger partial charge in [-0.2, -0.15) is 4.98 Å². The van der Waals surface area contributed by atoms with Crippen LogP contribution < -0.4 is 15.8 Å². The van der Waals surface area contributed by atoms with Crippen molar-refractivity contribution in [3.05, 3.63) is 41.8 Å². The van der Waals surface area contributed by atoms with Crippen LogP contribution in [0.1, 0.15) is 16.1 Å². The number of benzene rings is 1. The van der Waals surface area contributed by atoms with Gasteiger partial charge in [0.1, 0.15) is 17.1 Å². The summed E-state index contributed by atoms with van der Waals surface area (Å²) in [5, 5.41) is 3.33. The van der Waals surface area contributed by atoms with E-state index in [0.29, 0.717) is 28.5 Å². The highest BCUT2D eigenvalue weighted by Crippen LogP contribution is 2.30. The molecule has 2 aromatic heterocycles. The number of amides is 1. The number of anilines is 1. The maximum absolute atomic E-state index is 11.9. The first-order valence-electron chi connectivity index (χ1n) is 6.60. The Morgan fingerprint density at radius 3 is 2.91 bits per heavy atom. The van der Waals surface area contributed by atoms with Gasteiger partial charge >= 0.3 is 0 Å². The van der Waals surface area contributed by atoms with Crippen LogP contribution in [-0.2, 0) is 0 Å². The van der Waals surface area contributed by atoms with E-state index in [9.17, 15) is 4.79 Å².